The number of benzene rings is 1. The molecule has 0 amide bonds. The number of unbranched alkanes of at least 4 members (excludes halogenated alkanes) is 3. The van der Waals surface area contributed by atoms with E-state index in [0.717, 1.165) is 19.3 Å². The Kier molecular flexibility index (Phi) is 5.35. The number of aromatic nitrogens is 2. The van der Waals surface area contributed by atoms with E-state index in [2.05, 4.69) is 12.0 Å². The largest absolute Gasteiger partial charge is 0.437 e. The monoisotopic (exact) mass is 272 g/mol. The molecule has 0 atom stereocenters. The van der Waals surface area contributed by atoms with Crippen molar-refractivity contribution in [1.29, 1.82) is 0 Å². The van der Waals surface area contributed by atoms with Crippen LogP contribution < -0.4 is 4.74 Å². The molecule has 0 saturated carbocycles. The van der Waals surface area contributed by atoms with E-state index in [1.165, 1.54) is 19.3 Å². The SMILES string of the molecule is CCCCCCn1cc(C=O)c(Oc2ccccc2)n1. The Balaban J connectivity index is 2.01. The normalized spacial score (nSPS) is 10.4. The fraction of sp³-hybridized carbons (Fsp3) is 0.375. The van der Waals surface area contributed by atoms with Gasteiger partial charge in [-0.15, -0.1) is 5.10 Å². The first-order valence-electron chi connectivity index (χ1n) is 7.09. The summed E-state index contributed by atoms with van der Waals surface area (Å²) in [4.78, 5) is 11.1. The van der Waals surface area contributed by atoms with E-state index in [1.807, 2.05) is 30.3 Å². The summed E-state index contributed by atoms with van der Waals surface area (Å²) in [6.45, 7) is 3.00. The van der Waals surface area contributed by atoms with E-state index >= 15 is 0 Å². The first kappa shape index (κ1) is 14.3. The predicted molar refractivity (Wildman–Crippen MR) is 78.3 cm³/mol. The van der Waals surface area contributed by atoms with Gasteiger partial charge in [0, 0.05) is 12.7 Å². The van der Waals surface area contributed by atoms with Gasteiger partial charge in [-0.2, -0.15) is 0 Å². The molecule has 20 heavy (non-hydrogen) atoms. The standard InChI is InChI=1S/C16H20N2O2/c1-2-3-4-8-11-18-12-14(13-19)16(17-18)20-15-9-6-5-7-10-15/h5-7,9-10,12-13H,2-4,8,11H2,1H3. The van der Waals surface area contributed by atoms with Crippen LogP contribution in [0.3, 0.4) is 0 Å². The molecule has 0 N–H and O–H groups in total. The zero-order valence-corrected chi connectivity index (χ0v) is 11.8. The Morgan fingerprint density at radius 1 is 1.20 bits per heavy atom. The molecule has 2 rings (SSSR count). The van der Waals surface area contributed by atoms with Gasteiger partial charge in [-0.25, -0.2) is 0 Å². The second kappa shape index (κ2) is 7.48. The molecule has 0 saturated heterocycles. The molecule has 0 aliphatic carbocycles. The maximum atomic E-state index is 11.1. The number of hydrogen-bond donors (Lipinski definition) is 0. The second-order valence-electron chi connectivity index (χ2n) is 4.75. The maximum Gasteiger partial charge on any atom is 0.248 e. The molecule has 0 spiro atoms. The molecular weight excluding hydrogens is 252 g/mol. The number of carbonyl (C=O) groups is 1. The number of ether oxygens (including phenoxy) is 1. The summed E-state index contributed by atoms with van der Waals surface area (Å²) < 4.78 is 7.43. The maximum absolute atomic E-state index is 11.1. The molecule has 106 valence electrons. The third-order valence-electron chi connectivity index (χ3n) is 3.08. The van der Waals surface area contributed by atoms with E-state index in [-0.39, 0.29) is 0 Å². The average molecular weight is 272 g/mol. The fourth-order valence-corrected chi connectivity index (χ4v) is 1.99. The lowest BCUT2D eigenvalue weighted by Crippen LogP contribution is -1.98. The smallest absolute Gasteiger partial charge is 0.248 e. The Morgan fingerprint density at radius 3 is 2.70 bits per heavy atom. The number of carbonyl (C=O) groups excluding carboxylic acids is 1. The van der Waals surface area contributed by atoms with Crippen molar-refractivity contribution in [3.8, 4) is 11.6 Å². The number of nitrogens with zero attached hydrogens (tertiary/aromatic N) is 2. The highest BCUT2D eigenvalue weighted by Gasteiger charge is 2.10. The van der Waals surface area contributed by atoms with Crippen molar-refractivity contribution in [2.45, 2.75) is 39.2 Å². The van der Waals surface area contributed by atoms with Crippen LogP contribution >= 0.6 is 0 Å². The second-order valence-corrected chi connectivity index (χ2v) is 4.75. The van der Waals surface area contributed by atoms with Crippen molar-refractivity contribution in [2.24, 2.45) is 0 Å². The van der Waals surface area contributed by atoms with Crippen LogP contribution in [-0.4, -0.2) is 16.1 Å². The Morgan fingerprint density at radius 2 is 2.00 bits per heavy atom. The van der Waals surface area contributed by atoms with Crippen LogP contribution in [0.5, 0.6) is 11.6 Å². The molecule has 0 unspecified atom stereocenters. The molecule has 1 aromatic heterocycles. The predicted octanol–water partition coefficient (Wildman–Crippen LogP) is 4.07. The fourth-order valence-electron chi connectivity index (χ4n) is 1.99. The summed E-state index contributed by atoms with van der Waals surface area (Å²) in [6.07, 6.45) is 7.22. The summed E-state index contributed by atoms with van der Waals surface area (Å²) in [5.74, 6) is 1.06. The van der Waals surface area contributed by atoms with E-state index in [9.17, 15) is 4.79 Å². The molecule has 1 aromatic carbocycles. The van der Waals surface area contributed by atoms with Gasteiger partial charge in [-0.3, -0.25) is 9.48 Å². The molecule has 0 aliphatic heterocycles. The summed E-state index contributed by atoms with van der Waals surface area (Å²) in [7, 11) is 0. The number of para-hydroxylation sites is 1. The first-order valence-corrected chi connectivity index (χ1v) is 7.09. The van der Waals surface area contributed by atoms with E-state index in [1.54, 1.807) is 10.9 Å². The van der Waals surface area contributed by atoms with Crippen LogP contribution in [0.25, 0.3) is 0 Å². The van der Waals surface area contributed by atoms with Crippen LogP contribution in [-0.2, 0) is 6.54 Å². The highest BCUT2D eigenvalue weighted by atomic mass is 16.5. The lowest BCUT2D eigenvalue weighted by Gasteiger charge is -2.02. The van der Waals surface area contributed by atoms with Gasteiger partial charge in [0.05, 0.1) is 5.56 Å². The van der Waals surface area contributed by atoms with Crippen molar-refractivity contribution < 1.29 is 9.53 Å². The molecular formula is C16H20N2O2. The molecule has 0 radical (unpaired) electrons. The average Bonchev–Trinajstić information content (AvgIpc) is 2.87. The highest BCUT2D eigenvalue weighted by molar-refractivity contribution is 5.77. The minimum absolute atomic E-state index is 0.377. The minimum Gasteiger partial charge on any atom is -0.437 e. The molecule has 1 heterocycles. The van der Waals surface area contributed by atoms with E-state index < -0.39 is 0 Å². The van der Waals surface area contributed by atoms with Crippen LogP contribution in [0.4, 0.5) is 0 Å². The topological polar surface area (TPSA) is 44.1 Å². The summed E-state index contributed by atoms with van der Waals surface area (Å²) >= 11 is 0. The van der Waals surface area contributed by atoms with E-state index in [4.69, 9.17) is 4.74 Å². The Hall–Kier alpha value is -2.10. The Labute approximate surface area is 119 Å². The lowest BCUT2D eigenvalue weighted by molar-refractivity contribution is 0.112. The molecule has 2 aromatic rings. The zero-order valence-electron chi connectivity index (χ0n) is 11.8. The summed E-state index contributed by atoms with van der Waals surface area (Å²) in [6, 6.07) is 9.37. The van der Waals surface area contributed by atoms with Crippen molar-refractivity contribution >= 4 is 6.29 Å². The molecule has 4 heteroatoms. The number of aldehydes is 1. The van der Waals surface area contributed by atoms with Crippen molar-refractivity contribution in [2.75, 3.05) is 0 Å². The van der Waals surface area contributed by atoms with Gasteiger partial charge >= 0.3 is 0 Å². The van der Waals surface area contributed by atoms with Crippen molar-refractivity contribution in [1.82, 2.24) is 9.78 Å². The quantitative estimate of drug-likeness (QED) is 0.537. The highest BCUT2D eigenvalue weighted by Crippen LogP contribution is 2.22. The third kappa shape index (κ3) is 3.95. The minimum atomic E-state index is 0.377. The van der Waals surface area contributed by atoms with Crippen LogP contribution in [0.1, 0.15) is 43.0 Å². The van der Waals surface area contributed by atoms with Gasteiger partial charge < -0.3 is 4.74 Å². The molecule has 0 bridgehead atoms. The van der Waals surface area contributed by atoms with Gasteiger partial charge in [-0.1, -0.05) is 44.4 Å². The molecule has 4 nitrogen and oxygen atoms in total. The summed E-state index contributed by atoms with van der Waals surface area (Å²) in [5.41, 5.74) is 0.490. The van der Waals surface area contributed by atoms with Gasteiger partial charge in [0.1, 0.15) is 5.75 Å². The molecule has 0 fully saturated rings. The number of rotatable bonds is 8. The van der Waals surface area contributed by atoms with Crippen LogP contribution in [0, 0.1) is 0 Å². The van der Waals surface area contributed by atoms with Gasteiger partial charge in [0.2, 0.25) is 5.88 Å². The zero-order chi connectivity index (χ0) is 14.2. The van der Waals surface area contributed by atoms with E-state index in [0.29, 0.717) is 17.2 Å². The van der Waals surface area contributed by atoms with Crippen LogP contribution in [0.2, 0.25) is 0 Å². The first-order chi connectivity index (χ1) is 9.83. The number of aryl methyl sites for hydroxylation is 1. The van der Waals surface area contributed by atoms with Gasteiger partial charge in [0.15, 0.2) is 6.29 Å². The third-order valence-corrected chi connectivity index (χ3v) is 3.08. The van der Waals surface area contributed by atoms with Crippen molar-refractivity contribution in [3.05, 3.63) is 42.1 Å². The lowest BCUT2D eigenvalue weighted by atomic mass is 10.2. The number of hydrogen-bond acceptors (Lipinski definition) is 3. The van der Waals surface area contributed by atoms with Gasteiger partial charge in [0.25, 0.3) is 0 Å². The molecule has 0 aliphatic rings. The Bertz CT molecular complexity index is 535. The van der Waals surface area contributed by atoms with Crippen molar-refractivity contribution in [3.63, 3.8) is 0 Å². The van der Waals surface area contributed by atoms with Gasteiger partial charge in [-0.05, 0) is 18.6 Å². The van der Waals surface area contributed by atoms with Crippen LogP contribution in [0.15, 0.2) is 36.5 Å². The summed E-state index contributed by atoms with van der Waals surface area (Å²) in [5, 5.41) is 4.34.